The Morgan fingerprint density at radius 1 is 1.41 bits per heavy atom. The normalized spacial score (nSPS) is 21.2. The molecule has 2 heterocycles. The van der Waals surface area contributed by atoms with Crippen molar-refractivity contribution in [1.29, 1.82) is 0 Å². The zero-order chi connectivity index (χ0) is 15.7. The number of hydrogen-bond acceptors (Lipinski definition) is 3. The van der Waals surface area contributed by atoms with Gasteiger partial charge in [0, 0.05) is 37.8 Å². The summed E-state index contributed by atoms with van der Waals surface area (Å²) in [5.41, 5.74) is 1.76. The standard InChI is InChI=1S/C16H24N4O2/c1-11-8-13(18-17-11)9-16(22)19-7-3-4-15(19)10-20(12(2)21)14-5-6-14/h8,14-15H,3-7,9-10H2,1-2H3,(H,17,18). The zero-order valence-electron chi connectivity index (χ0n) is 13.3. The highest BCUT2D eigenvalue weighted by molar-refractivity contribution is 5.79. The van der Waals surface area contributed by atoms with Crippen molar-refractivity contribution < 1.29 is 9.59 Å². The molecule has 1 unspecified atom stereocenters. The third-order valence-electron chi connectivity index (χ3n) is 4.59. The third-order valence-corrected chi connectivity index (χ3v) is 4.59. The zero-order valence-corrected chi connectivity index (χ0v) is 13.3. The van der Waals surface area contributed by atoms with Gasteiger partial charge >= 0.3 is 0 Å². The predicted octanol–water partition coefficient (Wildman–Crippen LogP) is 1.26. The molecule has 2 fully saturated rings. The van der Waals surface area contributed by atoms with Crippen molar-refractivity contribution in [2.45, 2.75) is 58.0 Å². The third kappa shape index (κ3) is 3.31. The van der Waals surface area contributed by atoms with E-state index < -0.39 is 0 Å². The highest BCUT2D eigenvalue weighted by Gasteiger charge is 2.36. The molecular formula is C16H24N4O2. The second-order valence-electron chi connectivity index (χ2n) is 6.50. The Balaban J connectivity index is 1.62. The van der Waals surface area contributed by atoms with Crippen LogP contribution in [0.2, 0.25) is 0 Å². The fourth-order valence-corrected chi connectivity index (χ4v) is 3.32. The summed E-state index contributed by atoms with van der Waals surface area (Å²) in [4.78, 5) is 28.2. The maximum Gasteiger partial charge on any atom is 0.228 e. The van der Waals surface area contributed by atoms with Gasteiger partial charge in [-0.2, -0.15) is 5.10 Å². The number of hydrogen-bond donors (Lipinski definition) is 1. The molecule has 120 valence electrons. The lowest BCUT2D eigenvalue weighted by Crippen LogP contribution is -2.46. The van der Waals surface area contributed by atoms with E-state index in [-0.39, 0.29) is 17.9 Å². The van der Waals surface area contributed by atoms with Crippen molar-refractivity contribution in [2.75, 3.05) is 13.1 Å². The van der Waals surface area contributed by atoms with Crippen LogP contribution in [-0.2, 0) is 16.0 Å². The number of aromatic nitrogens is 2. The number of nitrogens with one attached hydrogen (secondary N) is 1. The lowest BCUT2D eigenvalue weighted by Gasteiger charge is -2.30. The van der Waals surface area contributed by atoms with Crippen LogP contribution in [0.3, 0.4) is 0 Å². The Labute approximate surface area is 130 Å². The average Bonchev–Trinajstić information content (AvgIpc) is 3.05. The van der Waals surface area contributed by atoms with Crippen molar-refractivity contribution in [3.63, 3.8) is 0 Å². The van der Waals surface area contributed by atoms with Crippen molar-refractivity contribution >= 4 is 11.8 Å². The number of H-pyrrole nitrogens is 1. The lowest BCUT2D eigenvalue weighted by molar-refractivity contribution is -0.135. The van der Waals surface area contributed by atoms with Crippen molar-refractivity contribution in [3.05, 3.63) is 17.5 Å². The molecule has 1 aromatic rings. The van der Waals surface area contributed by atoms with Crippen molar-refractivity contribution in [2.24, 2.45) is 0 Å². The first-order valence-electron chi connectivity index (χ1n) is 8.12. The largest absolute Gasteiger partial charge is 0.338 e. The summed E-state index contributed by atoms with van der Waals surface area (Å²) >= 11 is 0. The van der Waals surface area contributed by atoms with Gasteiger partial charge in [0.25, 0.3) is 0 Å². The molecule has 1 saturated carbocycles. The maximum atomic E-state index is 12.5. The molecule has 0 bridgehead atoms. The highest BCUT2D eigenvalue weighted by atomic mass is 16.2. The van der Waals surface area contributed by atoms with E-state index in [1.807, 2.05) is 22.8 Å². The fourth-order valence-electron chi connectivity index (χ4n) is 3.32. The number of amides is 2. The van der Waals surface area contributed by atoms with E-state index in [0.717, 1.165) is 43.6 Å². The molecule has 1 aromatic heterocycles. The topological polar surface area (TPSA) is 69.3 Å². The van der Waals surface area contributed by atoms with Crippen LogP contribution in [0.15, 0.2) is 6.07 Å². The molecule has 22 heavy (non-hydrogen) atoms. The minimum atomic E-state index is 0.119. The fraction of sp³-hybridized carbons (Fsp3) is 0.688. The minimum absolute atomic E-state index is 0.119. The Morgan fingerprint density at radius 3 is 2.77 bits per heavy atom. The van der Waals surface area contributed by atoms with Crippen LogP contribution >= 0.6 is 0 Å². The van der Waals surface area contributed by atoms with Gasteiger partial charge < -0.3 is 9.80 Å². The van der Waals surface area contributed by atoms with Gasteiger partial charge in [0.15, 0.2) is 0 Å². The van der Waals surface area contributed by atoms with Gasteiger partial charge in [-0.3, -0.25) is 14.7 Å². The Morgan fingerprint density at radius 2 is 2.18 bits per heavy atom. The molecule has 2 amide bonds. The van der Waals surface area contributed by atoms with Gasteiger partial charge in [-0.15, -0.1) is 0 Å². The van der Waals surface area contributed by atoms with Gasteiger partial charge in [-0.1, -0.05) is 0 Å². The second kappa shape index (κ2) is 6.10. The summed E-state index contributed by atoms with van der Waals surface area (Å²) in [6.45, 7) is 5.04. The van der Waals surface area contributed by atoms with Crippen LogP contribution in [0, 0.1) is 6.92 Å². The number of aromatic amines is 1. The summed E-state index contributed by atoms with van der Waals surface area (Å²) in [5.74, 6) is 0.248. The summed E-state index contributed by atoms with van der Waals surface area (Å²) < 4.78 is 0. The smallest absolute Gasteiger partial charge is 0.228 e. The first kappa shape index (κ1) is 15.1. The summed E-state index contributed by atoms with van der Waals surface area (Å²) in [7, 11) is 0. The number of nitrogens with zero attached hydrogens (tertiary/aromatic N) is 3. The molecule has 1 aliphatic carbocycles. The SMILES string of the molecule is CC(=O)N(CC1CCCN1C(=O)Cc1cc(C)[nH]n1)C1CC1. The van der Waals surface area contributed by atoms with Crippen LogP contribution in [0.5, 0.6) is 0 Å². The van der Waals surface area contributed by atoms with E-state index in [9.17, 15) is 9.59 Å². The molecule has 1 N–H and O–H groups in total. The van der Waals surface area contributed by atoms with E-state index >= 15 is 0 Å². The number of carbonyl (C=O) groups excluding carboxylic acids is 2. The molecule has 6 heteroatoms. The molecule has 0 aromatic carbocycles. The van der Waals surface area contributed by atoms with E-state index in [0.29, 0.717) is 19.0 Å². The van der Waals surface area contributed by atoms with E-state index in [1.165, 1.54) is 0 Å². The van der Waals surface area contributed by atoms with Gasteiger partial charge in [0.1, 0.15) is 0 Å². The van der Waals surface area contributed by atoms with E-state index in [1.54, 1.807) is 6.92 Å². The van der Waals surface area contributed by atoms with Gasteiger partial charge in [0.05, 0.1) is 12.1 Å². The number of aryl methyl sites for hydroxylation is 1. The summed E-state index contributed by atoms with van der Waals surface area (Å²) in [6, 6.07) is 2.48. The maximum absolute atomic E-state index is 12.5. The van der Waals surface area contributed by atoms with Gasteiger partial charge in [0.2, 0.25) is 11.8 Å². The molecule has 2 aliphatic rings. The molecule has 0 spiro atoms. The lowest BCUT2D eigenvalue weighted by atomic mass is 10.2. The Bertz CT molecular complexity index is 564. The van der Waals surface area contributed by atoms with E-state index in [2.05, 4.69) is 10.2 Å². The molecule has 1 aliphatic heterocycles. The Hall–Kier alpha value is -1.85. The monoisotopic (exact) mass is 304 g/mol. The van der Waals surface area contributed by atoms with Crippen LogP contribution in [-0.4, -0.2) is 57.0 Å². The molecule has 1 saturated heterocycles. The first-order chi connectivity index (χ1) is 10.5. The highest BCUT2D eigenvalue weighted by Crippen LogP contribution is 2.29. The molecule has 3 rings (SSSR count). The second-order valence-corrected chi connectivity index (χ2v) is 6.50. The average molecular weight is 304 g/mol. The number of rotatable bonds is 5. The van der Waals surface area contributed by atoms with Crippen molar-refractivity contribution in [1.82, 2.24) is 20.0 Å². The van der Waals surface area contributed by atoms with Crippen LogP contribution < -0.4 is 0 Å². The Kier molecular flexibility index (Phi) is 4.18. The number of carbonyl (C=O) groups is 2. The van der Waals surface area contributed by atoms with Crippen LogP contribution in [0.25, 0.3) is 0 Å². The molecule has 6 nitrogen and oxygen atoms in total. The first-order valence-corrected chi connectivity index (χ1v) is 8.12. The van der Waals surface area contributed by atoms with Gasteiger partial charge in [-0.05, 0) is 38.7 Å². The van der Waals surface area contributed by atoms with Crippen molar-refractivity contribution in [3.8, 4) is 0 Å². The van der Waals surface area contributed by atoms with Crippen LogP contribution in [0.1, 0.15) is 44.0 Å². The molecule has 1 atom stereocenters. The van der Waals surface area contributed by atoms with Crippen LogP contribution in [0.4, 0.5) is 0 Å². The predicted molar refractivity (Wildman–Crippen MR) is 82.2 cm³/mol. The quantitative estimate of drug-likeness (QED) is 0.890. The summed E-state index contributed by atoms with van der Waals surface area (Å²) in [6.07, 6.45) is 4.55. The van der Waals surface area contributed by atoms with E-state index in [4.69, 9.17) is 0 Å². The molecule has 0 radical (unpaired) electrons. The minimum Gasteiger partial charge on any atom is -0.338 e. The number of likely N-dealkylation sites (tertiary alicyclic amines) is 1. The summed E-state index contributed by atoms with van der Waals surface area (Å²) in [5, 5.41) is 7.02. The van der Waals surface area contributed by atoms with Gasteiger partial charge in [-0.25, -0.2) is 0 Å². The molecular weight excluding hydrogens is 280 g/mol.